The molecule has 0 saturated carbocycles. The number of thiophene rings is 1. The van der Waals surface area contributed by atoms with Gasteiger partial charge in [0.15, 0.2) is 0 Å². The lowest BCUT2D eigenvalue weighted by Gasteiger charge is -2.24. The van der Waals surface area contributed by atoms with Gasteiger partial charge < -0.3 is 10.6 Å². The van der Waals surface area contributed by atoms with E-state index in [1.807, 2.05) is 45.2 Å². The number of nitrogens with one attached hydrogen (secondary N) is 2. The van der Waals surface area contributed by atoms with Crippen molar-refractivity contribution >= 4 is 29.0 Å². The van der Waals surface area contributed by atoms with Gasteiger partial charge in [0.25, 0.3) is 0 Å². The lowest BCUT2D eigenvalue weighted by Crippen LogP contribution is -2.47. The number of carbonyl (C=O) groups is 2. The molecule has 2 aromatic rings. The Labute approximate surface area is 158 Å². The van der Waals surface area contributed by atoms with Gasteiger partial charge in [-0.2, -0.15) is 5.10 Å². The Kier molecular flexibility index (Phi) is 6.93. The van der Waals surface area contributed by atoms with Crippen molar-refractivity contribution in [3.05, 3.63) is 34.7 Å². The van der Waals surface area contributed by atoms with E-state index in [1.165, 1.54) is 4.88 Å². The SMILES string of the molecule is CCN(CC(=O)Nc1ccnn1Cc1cccs1)CC(=O)NC(C)(C)C. The lowest BCUT2D eigenvalue weighted by molar-refractivity contribution is -0.124. The fourth-order valence-corrected chi connectivity index (χ4v) is 3.13. The Morgan fingerprint density at radius 1 is 1.23 bits per heavy atom. The van der Waals surface area contributed by atoms with Crippen LogP contribution in [0.5, 0.6) is 0 Å². The molecular formula is C18H27N5O2S. The first-order valence-corrected chi connectivity index (χ1v) is 9.52. The third-order valence-corrected chi connectivity index (χ3v) is 4.43. The monoisotopic (exact) mass is 377 g/mol. The van der Waals surface area contributed by atoms with E-state index >= 15 is 0 Å². The second-order valence-electron chi connectivity index (χ2n) is 7.10. The van der Waals surface area contributed by atoms with Crippen LogP contribution >= 0.6 is 11.3 Å². The summed E-state index contributed by atoms with van der Waals surface area (Å²) in [6.07, 6.45) is 1.66. The first-order valence-electron chi connectivity index (χ1n) is 8.64. The molecule has 0 unspecified atom stereocenters. The molecule has 0 aromatic carbocycles. The van der Waals surface area contributed by atoms with Crippen LogP contribution in [0, 0.1) is 0 Å². The standard InChI is InChI=1S/C18H27N5O2S/c1-5-22(13-17(25)21-18(2,3)4)12-16(24)20-15-8-9-19-23(15)11-14-7-6-10-26-14/h6-10H,5,11-13H2,1-4H3,(H,20,24)(H,21,25). The fraction of sp³-hybridized carbons (Fsp3) is 0.500. The molecule has 0 fully saturated rings. The molecule has 0 atom stereocenters. The molecule has 2 rings (SSSR count). The molecular weight excluding hydrogens is 350 g/mol. The van der Waals surface area contributed by atoms with E-state index < -0.39 is 0 Å². The van der Waals surface area contributed by atoms with Crippen LogP contribution in [0.4, 0.5) is 5.82 Å². The molecule has 0 radical (unpaired) electrons. The van der Waals surface area contributed by atoms with Gasteiger partial charge >= 0.3 is 0 Å². The molecule has 2 N–H and O–H groups in total. The number of likely N-dealkylation sites (N-methyl/N-ethyl adjacent to an activating group) is 1. The molecule has 0 aliphatic heterocycles. The van der Waals surface area contributed by atoms with E-state index in [2.05, 4.69) is 15.7 Å². The minimum atomic E-state index is -0.285. The van der Waals surface area contributed by atoms with Gasteiger partial charge in [0.1, 0.15) is 5.82 Å². The fourth-order valence-electron chi connectivity index (χ4n) is 2.44. The quantitative estimate of drug-likeness (QED) is 0.739. The molecule has 8 heteroatoms. The number of anilines is 1. The van der Waals surface area contributed by atoms with Crippen molar-refractivity contribution in [3.8, 4) is 0 Å². The highest BCUT2D eigenvalue weighted by atomic mass is 32.1. The maximum atomic E-state index is 12.4. The minimum Gasteiger partial charge on any atom is -0.350 e. The summed E-state index contributed by atoms with van der Waals surface area (Å²) in [5.41, 5.74) is -0.285. The lowest BCUT2D eigenvalue weighted by atomic mass is 10.1. The summed E-state index contributed by atoms with van der Waals surface area (Å²) in [6, 6.07) is 5.79. The second kappa shape index (κ2) is 8.95. The average molecular weight is 378 g/mol. The van der Waals surface area contributed by atoms with Crippen LogP contribution in [0.1, 0.15) is 32.6 Å². The first kappa shape index (κ1) is 20.1. The Bertz CT molecular complexity index is 718. The molecule has 7 nitrogen and oxygen atoms in total. The number of nitrogens with zero attached hydrogens (tertiary/aromatic N) is 3. The summed E-state index contributed by atoms with van der Waals surface area (Å²) in [7, 11) is 0. The first-order chi connectivity index (χ1) is 12.3. The van der Waals surface area contributed by atoms with Gasteiger partial charge in [0.2, 0.25) is 11.8 Å². The van der Waals surface area contributed by atoms with Gasteiger partial charge in [0.05, 0.1) is 25.8 Å². The maximum absolute atomic E-state index is 12.4. The summed E-state index contributed by atoms with van der Waals surface area (Å²) in [4.78, 5) is 27.4. The van der Waals surface area contributed by atoms with Crippen LogP contribution in [0.25, 0.3) is 0 Å². The minimum absolute atomic E-state index is 0.0881. The number of hydrogen-bond acceptors (Lipinski definition) is 5. The zero-order valence-electron chi connectivity index (χ0n) is 15.8. The molecule has 2 amide bonds. The molecule has 2 heterocycles. The van der Waals surface area contributed by atoms with Crippen LogP contribution in [0.3, 0.4) is 0 Å². The van der Waals surface area contributed by atoms with Crippen LogP contribution in [0.15, 0.2) is 29.8 Å². The van der Waals surface area contributed by atoms with Crippen molar-refractivity contribution in [1.82, 2.24) is 20.0 Å². The van der Waals surface area contributed by atoms with Gasteiger partial charge in [-0.3, -0.25) is 14.5 Å². The van der Waals surface area contributed by atoms with Crippen molar-refractivity contribution in [2.45, 2.75) is 39.8 Å². The van der Waals surface area contributed by atoms with Crippen molar-refractivity contribution in [3.63, 3.8) is 0 Å². The number of hydrogen-bond donors (Lipinski definition) is 2. The second-order valence-corrected chi connectivity index (χ2v) is 8.14. The number of amides is 2. The van der Waals surface area contributed by atoms with E-state index in [1.54, 1.807) is 33.2 Å². The molecule has 2 aromatic heterocycles. The Balaban J connectivity index is 1.89. The van der Waals surface area contributed by atoms with E-state index in [0.29, 0.717) is 18.9 Å². The summed E-state index contributed by atoms with van der Waals surface area (Å²) in [5.74, 6) is 0.400. The molecule has 142 valence electrons. The number of carbonyl (C=O) groups excluding carboxylic acids is 2. The van der Waals surface area contributed by atoms with E-state index in [0.717, 1.165) is 0 Å². The normalized spacial score (nSPS) is 11.6. The van der Waals surface area contributed by atoms with Gasteiger partial charge in [-0.05, 0) is 38.8 Å². The summed E-state index contributed by atoms with van der Waals surface area (Å²) in [5, 5.41) is 12.1. The van der Waals surface area contributed by atoms with Crippen molar-refractivity contribution < 1.29 is 9.59 Å². The third kappa shape index (κ3) is 6.61. The van der Waals surface area contributed by atoms with Crippen LogP contribution in [-0.4, -0.2) is 51.7 Å². The van der Waals surface area contributed by atoms with Crippen molar-refractivity contribution in [1.29, 1.82) is 0 Å². The Hall–Kier alpha value is -2.19. The van der Waals surface area contributed by atoms with E-state index in [9.17, 15) is 9.59 Å². The maximum Gasteiger partial charge on any atom is 0.239 e. The van der Waals surface area contributed by atoms with E-state index in [4.69, 9.17) is 0 Å². The van der Waals surface area contributed by atoms with E-state index in [-0.39, 0.29) is 30.4 Å². The molecule has 26 heavy (non-hydrogen) atoms. The largest absolute Gasteiger partial charge is 0.350 e. The highest BCUT2D eigenvalue weighted by Crippen LogP contribution is 2.14. The zero-order chi connectivity index (χ0) is 19.2. The van der Waals surface area contributed by atoms with Crippen LogP contribution in [0.2, 0.25) is 0 Å². The predicted octanol–water partition coefficient (Wildman–Crippen LogP) is 2.17. The molecule has 0 aliphatic rings. The van der Waals surface area contributed by atoms with Gasteiger partial charge in [-0.25, -0.2) is 4.68 Å². The smallest absolute Gasteiger partial charge is 0.239 e. The number of aromatic nitrogens is 2. The van der Waals surface area contributed by atoms with Gasteiger partial charge in [0, 0.05) is 16.5 Å². The van der Waals surface area contributed by atoms with Gasteiger partial charge in [-0.15, -0.1) is 11.3 Å². The third-order valence-electron chi connectivity index (χ3n) is 3.57. The van der Waals surface area contributed by atoms with Crippen molar-refractivity contribution in [2.24, 2.45) is 0 Å². The summed E-state index contributed by atoms with van der Waals surface area (Å²) < 4.78 is 1.76. The average Bonchev–Trinajstić information content (AvgIpc) is 3.17. The predicted molar refractivity (Wildman–Crippen MR) is 104 cm³/mol. The summed E-state index contributed by atoms with van der Waals surface area (Å²) >= 11 is 1.65. The van der Waals surface area contributed by atoms with Gasteiger partial charge in [-0.1, -0.05) is 13.0 Å². The van der Waals surface area contributed by atoms with Crippen molar-refractivity contribution in [2.75, 3.05) is 25.0 Å². The Morgan fingerprint density at radius 2 is 1.96 bits per heavy atom. The molecule has 0 bridgehead atoms. The zero-order valence-corrected chi connectivity index (χ0v) is 16.6. The molecule has 0 aliphatic carbocycles. The van der Waals surface area contributed by atoms with Crippen LogP contribution in [-0.2, 0) is 16.1 Å². The highest BCUT2D eigenvalue weighted by Gasteiger charge is 2.18. The Morgan fingerprint density at radius 3 is 2.58 bits per heavy atom. The van der Waals surface area contributed by atoms with Crippen LogP contribution < -0.4 is 10.6 Å². The summed E-state index contributed by atoms with van der Waals surface area (Å²) in [6.45, 7) is 9.30. The number of rotatable bonds is 8. The molecule has 0 saturated heterocycles. The topological polar surface area (TPSA) is 79.3 Å². The highest BCUT2D eigenvalue weighted by molar-refractivity contribution is 7.09. The molecule has 0 spiro atoms.